The number of likely N-dealkylation sites (N-methyl/N-ethyl adjacent to an activating group) is 1. The molecule has 1 aromatic heterocycles. The van der Waals surface area contributed by atoms with Crippen LogP contribution in [0.25, 0.3) is 0 Å². The van der Waals surface area contributed by atoms with Crippen molar-refractivity contribution in [1.82, 2.24) is 19.9 Å². The Labute approximate surface area is 211 Å². The minimum absolute atomic E-state index is 0.0591. The van der Waals surface area contributed by atoms with Gasteiger partial charge < -0.3 is 14.5 Å². The fraction of sp³-hybridized carbons (Fsp3) is 0.500. The Balaban J connectivity index is 1.61. The maximum atomic E-state index is 13.1. The molecule has 0 saturated carbocycles. The predicted molar refractivity (Wildman–Crippen MR) is 137 cm³/mol. The van der Waals surface area contributed by atoms with Crippen LogP contribution in [-0.4, -0.2) is 83.3 Å². The van der Waals surface area contributed by atoms with Crippen molar-refractivity contribution in [2.45, 2.75) is 32.2 Å². The highest BCUT2D eigenvalue weighted by molar-refractivity contribution is 6.28. The van der Waals surface area contributed by atoms with Crippen LogP contribution in [0, 0.1) is 0 Å². The van der Waals surface area contributed by atoms with Crippen LogP contribution in [0.5, 0.6) is 5.75 Å². The summed E-state index contributed by atoms with van der Waals surface area (Å²) in [5, 5.41) is 6.42. The molecule has 184 valence electrons. The van der Waals surface area contributed by atoms with Crippen molar-refractivity contribution in [3.63, 3.8) is 0 Å². The Hall–Kier alpha value is -2.58. The van der Waals surface area contributed by atoms with Gasteiger partial charge in [-0.3, -0.25) is 9.80 Å². The standard InChI is InChI=1S/C24H32Cl2N6O2/c1-4-31(29-21(14-26)11-20-7-8-27-17-28-20)16-24(33)32-10-9-30(15-18(32)2)22-6-5-19(13-25)23(12-22)34-3/h5-8,12,17-18H,4,9-11,13-16H2,1-3H3/b29-21-. The monoisotopic (exact) mass is 506 g/mol. The van der Waals surface area contributed by atoms with E-state index in [9.17, 15) is 4.79 Å². The summed E-state index contributed by atoms with van der Waals surface area (Å²) in [6.45, 7) is 7.00. The number of hydrogen-bond acceptors (Lipinski definition) is 7. The molecule has 1 atom stereocenters. The second kappa shape index (κ2) is 12.8. The van der Waals surface area contributed by atoms with Gasteiger partial charge in [-0.05, 0) is 26.0 Å². The van der Waals surface area contributed by atoms with Gasteiger partial charge in [0.1, 0.15) is 18.6 Å². The third-order valence-corrected chi connectivity index (χ3v) is 6.47. The Morgan fingerprint density at radius 1 is 1.29 bits per heavy atom. The van der Waals surface area contributed by atoms with Crippen molar-refractivity contribution in [2.75, 3.05) is 50.6 Å². The number of rotatable bonds is 10. The van der Waals surface area contributed by atoms with E-state index in [-0.39, 0.29) is 24.4 Å². The topological polar surface area (TPSA) is 74.2 Å². The second-order valence-electron chi connectivity index (χ2n) is 8.17. The molecule has 2 aromatic rings. The molecule has 1 unspecified atom stereocenters. The van der Waals surface area contributed by atoms with E-state index in [0.29, 0.717) is 25.4 Å². The summed E-state index contributed by atoms with van der Waals surface area (Å²) < 4.78 is 5.48. The van der Waals surface area contributed by atoms with Crippen molar-refractivity contribution in [3.8, 4) is 5.75 Å². The summed E-state index contributed by atoms with van der Waals surface area (Å²) in [7, 11) is 1.65. The number of ether oxygens (including phenoxy) is 1. The fourth-order valence-electron chi connectivity index (χ4n) is 4.01. The lowest BCUT2D eigenvalue weighted by Crippen LogP contribution is -2.55. The minimum atomic E-state index is 0.0591. The predicted octanol–water partition coefficient (Wildman–Crippen LogP) is 3.42. The smallest absolute Gasteiger partial charge is 0.244 e. The van der Waals surface area contributed by atoms with Gasteiger partial charge in [-0.15, -0.1) is 23.2 Å². The van der Waals surface area contributed by atoms with Crippen LogP contribution < -0.4 is 9.64 Å². The average Bonchev–Trinajstić information content (AvgIpc) is 2.87. The molecule has 1 aliphatic rings. The zero-order chi connectivity index (χ0) is 24.5. The van der Waals surface area contributed by atoms with E-state index in [4.69, 9.17) is 27.9 Å². The highest BCUT2D eigenvalue weighted by atomic mass is 35.5. The summed E-state index contributed by atoms with van der Waals surface area (Å²) in [4.78, 5) is 25.5. The molecule has 1 fully saturated rings. The quantitative estimate of drug-likeness (QED) is 0.279. The molecule has 0 radical (unpaired) electrons. The Morgan fingerprint density at radius 3 is 2.74 bits per heavy atom. The van der Waals surface area contributed by atoms with E-state index in [1.807, 2.05) is 30.0 Å². The summed E-state index contributed by atoms with van der Waals surface area (Å²) in [6, 6.07) is 7.97. The number of amides is 1. The van der Waals surface area contributed by atoms with Crippen molar-refractivity contribution >= 4 is 40.5 Å². The van der Waals surface area contributed by atoms with Gasteiger partial charge in [0.15, 0.2) is 0 Å². The molecule has 0 N–H and O–H groups in total. The molecule has 34 heavy (non-hydrogen) atoms. The van der Waals surface area contributed by atoms with Crippen LogP contribution >= 0.6 is 23.2 Å². The lowest BCUT2D eigenvalue weighted by Gasteiger charge is -2.41. The number of methoxy groups -OCH3 is 1. The van der Waals surface area contributed by atoms with Gasteiger partial charge in [0.2, 0.25) is 5.91 Å². The minimum Gasteiger partial charge on any atom is -0.496 e. The van der Waals surface area contributed by atoms with Crippen molar-refractivity contribution in [1.29, 1.82) is 0 Å². The van der Waals surface area contributed by atoms with Crippen molar-refractivity contribution in [2.24, 2.45) is 5.10 Å². The lowest BCUT2D eigenvalue weighted by molar-refractivity contribution is -0.134. The number of hydrogen-bond donors (Lipinski definition) is 0. The second-order valence-corrected chi connectivity index (χ2v) is 8.70. The first-order valence-corrected chi connectivity index (χ1v) is 12.4. The summed E-state index contributed by atoms with van der Waals surface area (Å²) in [5.74, 6) is 1.52. The normalized spacial score (nSPS) is 16.5. The van der Waals surface area contributed by atoms with Crippen LogP contribution in [0.1, 0.15) is 25.1 Å². The number of carbonyl (C=O) groups is 1. The number of anilines is 1. The van der Waals surface area contributed by atoms with E-state index >= 15 is 0 Å². The van der Waals surface area contributed by atoms with Gasteiger partial charge in [0.05, 0.1) is 24.6 Å². The highest BCUT2D eigenvalue weighted by Gasteiger charge is 2.28. The Morgan fingerprint density at radius 2 is 2.12 bits per heavy atom. The molecule has 8 nitrogen and oxygen atoms in total. The summed E-state index contributed by atoms with van der Waals surface area (Å²) >= 11 is 12.1. The van der Waals surface area contributed by atoms with Crippen LogP contribution in [0.15, 0.2) is 41.9 Å². The molecular weight excluding hydrogens is 475 g/mol. The van der Waals surface area contributed by atoms with E-state index in [1.54, 1.807) is 18.3 Å². The zero-order valence-corrected chi connectivity index (χ0v) is 21.5. The number of nitrogens with zero attached hydrogens (tertiary/aromatic N) is 6. The van der Waals surface area contributed by atoms with Crippen LogP contribution in [-0.2, 0) is 17.1 Å². The molecular formula is C24H32Cl2N6O2. The molecule has 0 aliphatic carbocycles. The van der Waals surface area contributed by atoms with Gasteiger partial charge in [-0.1, -0.05) is 6.07 Å². The summed E-state index contributed by atoms with van der Waals surface area (Å²) in [6.07, 6.45) is 3.72. The number of alkyl halides is 2. The maximum absolute atomic E-state index is 13.1. The molecule has 1 saturated heterocycles. The van der Waals surface area contributed by atoms with Crippen molar-refractivity contribution in [3.05, 3.63) is 48.0 Å². The van der Waals surface area contributed by atoms with Crippen molar-refractivity contribution < 1.29 is 9.53 Å². The fourth-order valence-corrected chi connectivity index (χ4v) is 4.38. The first kappa shape index (κ1) is 26.0. The van der Waals surface area contributed by atoms with Crippen LogP contribution in [0.4, 0.5) is 5.69 Å². The number of halogens is 2. The Kier molecular flexibility index (Phi) is 9.77. The van der Waals surface area contributed by atoms with Crippen LogP contribution in [0.3, 0.4) is 0 Å². The molecule has 3 rings (SSSR count). The van der Waals surface area contributed by atoms with Gasteiger partial charge >= 0.3 is 0 Å². The molecule has 0 spiro atoms. The highest BCUT2D eigenvalue weighted by Crippen LogP contribution is 2.28. The van der Waals surface area contributed by atoms with E-state index in [1.165, 1.54) is 6.33 Å². The number of benzene rings is 1. The van der Waals surface area contributed by atoms with Gasteiger partial charge in [-0.2, -0.15) is 5.10 Å². The zero-order valence-electron chi connectivity index (χ0n) is 20.0. The van der Waals surface area contributed by atoms with E-state index in [0.717, 1.165) is 41.5 Å². The third kappa shape index (κ3) is 6.73. The van der Waals surface area contributed by atoms with E-state index < -0.39 is 0 Å². The molecule has 2 heterocycles. The van der Waals surface area contributed by atoms with Gasteiger partial charge in [-0.25, -0.2) is 9.97 Å². The third-order valence-electron chi connectivity index (χ3n) is 5.88. The number of hydrazone groups is 1. The van der Waals surface area contributed by atoms with Crippen LogP contribution in [0.2, 0.25) is 0 Å². The van der Waals surface area contributed by atoms with Gasteiger partial charge in [0.25, 0.3) is 0 Å². The number of aromatic nitrogens is 2. The summed E-state index contributed by atoms with van der Waals surface area (Å²) in [5.41, 5.74) is 3.64. The molecule has 10 heteroatoms. The average molecular weight is 507 g/mol. The Bertz CT molecular complexity index is 975. The SMILES string of the molecule is CCN(CC(=O)N1CCN(c2ccc(CCl)c(OC)c2)CC1C)/N=C(\CCl)Cc1ccncn1. The number of carbonyl (C=O) groups excluding carboxylic acids is 1. The van der Waals surface area contributed by atoms with Gasteiger partial charge in [0, 0.05) is 67.8 Å². The maximum Gasteiger partial charge on any atom is 0.244 e. The lowest BCUT2D eigenvalue weighted by atomic mass is 10.1. The first-order valence-electron chi connectivity index (χ1n) is 11.4. The molecule has 1 amide bonds. The molecule has 0 bridgehead atoms. The van der Waals surface area contributed by atoms with E-state index in [2.05, 4.69) is 33.0 Å². The molecule has 1 aromatic carbocycles. The largest absolute Gasteiger partial charge is 0.496 e. The first-order chi connectivity index (χ1) is 16.5. The molecule has 1 aliphatic heterocycles. The number of piperazine rings is 1.